The lowest BCUT2D eigenvalue weighted by atomic mass is 9.90. The van der Waals surface area contributed by atoms with E-state index >= 15 is 0 Å². The fourth-order valence-electron chi connectivity index (χ4n) is 3.04. The lowest BCUT2D eigenvalue weighted by Crippen LogP contribution is -2.12. The van der Waals surface area contributed by atoms with Crippen molar-refractivity contribution in [3.8, 4) is 62.9 Å². The molecule has 2 aliphatic rings. The van der Waals surface area contributed by atoms with E-state index in [1.54, 1.807) is 36.4 Å². The number of aromatic hydroxyl groups is 1. The van der Waals surface area contributed by atoms with E-state index in [9.17, 15) is 5.11 Å². The minimum atomic E-state index is 0.0961. The van der Waals surface area contributed by atoms with Crippen molar-refractivity contribution in [2.24, 2.45) is 11.8 Å². The molecule has 0 bridgehead atoms. The van der Waals surface area contributed by atoms with Crippen LogP contribution in [-0.2, 0) is 0 Å². The molecule has 0 heterocycles. The SMILES string of the molecule is NOc1ccc(OOc2cc(OOc3ccc(O)cc3)cc(OOc3cc4c(ON)cc3-4)c2)cc1. The van der Waals surface area contributed by atoms with Crippen LogP contribution in [0.1, 0.15) is 0 Å². The van der Waals surface area contributed by atoms with Crippen LogP contribution in [-0.4, -0.2) is 5.11 Å². The summed E-state index contributed by atoms with van der Waals surface area (Å²) in [6.07, 6.45) is 0. The Bertz CT molecular complexity index is 1290. The van der Waals surface area contributed by atoms with Crippen LogP contribution in [0.25, 0.3) is 11.1 Å². The first-order valence-corrected chi connectivity index (χ1v) is 10.1. The van der Waals surface area contributed by atoms with E-state index in [1.165, 1.54) is 42.5 Å². The summed E-state index contributed by atoms with van der Waals surface area (Å²) in [4.78, 5) is 41.5. The zero-order valence-corrected chi connectivity index (χ0v) is 17.9. The third-order valence-corrected chi connectivity index (χ3v) is 4.84. The quantitative estimate of drug-likeness (QED) is 0.187. The van der Waals surface area contributed by atoms with Crippen molar-refractivity contribution in [2.45, 2.75) is 0 Å². The third kappa shape index (κ3) is 4.85. The summed E-state index contributed by atoms with van der Waals surface area (Å²) in [5, 5.41) is 9.40. The molecule has 3 aromatic rings. The Labute approximate surface area is 198 Å². The molecule has 5 N–H and O–H groups in total. The zero-order chi connectivity index (χ0) is 24.2. The van der Waals surface area contributed by atoms with E-state index in [1.807, 2.05) is 0 Å². The average molecular weight is 478 g/mol. The molecule has 178 valence electrons. The molecule has 0 radical (unpaired) electrons. The minimum Gasteiger partial charge on any atom is -0.508 e. The van der Waals surface area contributed by atoms with Crippen LogP contribution in [0.15, 0.2) is 78.9 Å². The number of phenols is 1. The van der Waals surface area contributed by atoms with Crippen LogP contribution >= 0.6 is 0 Å². The monoisotopic (exact) mass is 478 g/mol. The molecule has 0 unspecified atom stereocenters. The molecule has 0 spiro atoms. The maximum absolute atomic E-state index is 9.40. The van der Waals surface area contributed by atoms with Crippen molar-refractivity contribution in [2.75, 3.05) is 0 Å². The average Bonchev–Trinajstić information content (AvgIpc) is 2.88. The normalized spacial score (nSPS) is 10.7. The van der Waals surface area contributed by atoms with Gasteiger partial charge < -0.3 is 14.8 Å². The van der Waals surface area contributed by atoms with Crippen LogP contribution in [0, 0.1) is 0 Å². The summed E-state index contributed by atoms with van der Waals surface area (Å²) in [6.45, 7) is 0. The molecule has 0 atom stereocenters. The number of phenolic OH excluding ortho intramolecular Hbond substituents is 1. The first-order valence-electron chi connectivity index (χ1n) is 10.1. The van der Waals surface area contributed by atoms with Gasteiger partial charge in [0.05, 0.1) is 0 Å². The first-order chi connectivity index (χ1) is 17.1. The van der Waals surface area contributed by atoms with E-state index in [4.69, 9.17) is 41.1 Å². The predicted octanol–water partition coefficient (Wildman–Crippen LogP) is 4.00. The molecule has 2 aliphatic carbocycles. The summed E-state index contributed by atoms with van der Waals surface area (Å²) >= 11 is 0. The largest absolute Gasteiger partial charge is 0.508 e. The van der Waals surface area contributed by atoms with Gasteiger partial charge in [-0.1, -0.05) is 0 Å². The lowest BCUT2D eigenvalue weighted by Gasteiger charge is -2.23. The molecule has 0 fully saturated rings. The number of rotatable bonds is 11. The molecule has 3 aromatic carbocycles. The van der Waals surface area contributed by atoms with Gasteiger partial charge in [-0.3, -0.25) is 29.3 Å². The molecular weight excluding hydrogens is 460 g/mol. The van der Waals surface area contributed by atoms with Crippen molar-refractivity contribution < 1.29 is 44.1 Å². The second-order valence-electron chi connectivity index (χ2n) is 7.19. The van der Waals surface area contributed by atoms with Crippen LogP contribution in [0.3, 0.4) is 0 Å². The van der Waals surface area contributed by atoms with Crippen molar-refractivity contribution in [1.29, 1.82) is 0 Å². The lowest BCUT2D eigenvalue weighted by molar-refractivity contribution is -0.115. The van der Waals surface area contributed by atoms with Gasteiger partial charge in [-0.15, -0.1) is 0 Å². The first kappa shape index (κ1) is 21.8. The maximum Gasteiger partial charge on any atom is 0.187 e. The molecule has 0 saturated heterocycles. The van der Waals surface area contributed by atoms with Crippen molar-refractivity contribution >= 4 is 0 Å². The Hall–Kier alpha value is -5.00. The molecule has 35 heavy (non-hydrogen) atoms. The number of hydrogen-bond acceptors (Lipinski definition) is 11. The van der Waals surface area contributed by atoms with Gasteiger partial charge >= 0.3 is 0 Å². The van der Waals surface area contributed by atoms with Gasteiger partial charge in [0.15, 0.2) is 40.2 Å². The van der Waals surface area contributed by atoms with Gasteiger partial charge in [-0.25, -0.2) is 0 Å². The maximum atomic E-state index is 9.40. The summed E-state index contributed by atoms with van der Waals surface area (Å²) in [5.74, 6) is 13.3. The third-order valence-electron chi connectivity index (χ3n) is 4.84. The van der Waals surface area contributed by atoms with Crippen LogP contribution < -0.4 is 50.8 Å². The van der Waals surface area contributed by atoms with E-state index in [2.05, 4.69) is 9.68 Å². The summed E-state index contributed by atoms with van der Waals surface area (Å²) in [5.41, 5.74) is 1.69. The second-order valence-corrected chi connectivity index (χ2v) is 7.19. The second kappa shape index (κ2) is 9.47. The number of fused-ring (bicyclic) bond motifs is 1. The highest BCUT2D eigenvalue weighted by Crippen LogP contribution is 2.51. The number of hydrogen-bond donors (Lipinski definition) is 3. The number of nitrogens with two attached hydrogens (primary N) is 2. The highest BCUT2D eigenvalue weighted by molar-refractivity contribution is 5.91. The summed E-state index contributed by atoms with van der Waals surface area (Å²) < 4.78 is 0. The molecule has 0 aromatic heterocycles. The van der Waals surface area contributed by atoms with Gasteiger partial charge in [0.1, 0.15) is 11.5 Å². The van der Waals surface area contributed by atoms with Crippen LogP contribution in [0.2, 0.25) is 0 Å². The van der Waals surface area contributed by atoms with Gasteiger partial charge in [-0.2, -0.15) is 11.8 Å². The topological polar surface area (TPSA) is 146 Å². The Morgan fingerprint density at radius 1 is 0.429 bits per heavy atom. The van der Waals surface area contributed by atoms with Gasteiger partial charge in [0, 0.05) is 29.3 Å². The van der Waals surface area contributed by atoms with Crippen LogP contribution in [0.4, 0.5) is 0 Å². The standard InChI is InChI=1S/C24H18N2O9/c25-28-15-5-7-17(8-6-15)31-33-19-9-18(32-30-16-3-1-14(27)2-4-16)10-20(11-19)34-35-24-13-21-22(24)12-23(21)29-26/h1-13,27H,25-26H2. The highest BCUT2D eigenvalue weighted by Gasteiger charge is 2.27. The van der Waals surface area contributed by atoms with E-state index in [0.29, 0.717) is 28.7 Å². The molecule has 11 nitrogen and oxygen atoms in total. The van der Waals surface area contributed by atoms with Crippen molar-refractivity contribution in [1.82, 2.24) is 0 Å². The van der Waals surface area contributed by atoms with Crippen molar-refractivity contribution in [3.05, 3.63) is 78.9 Å². The van der Waals surface area contributed by atoms with Gasteiger partial charge in [-0.05, 0) is 60.7 Å². The summed E-state index contributed by atoms with van der Waals surface area (Å²) in [7, 11) is 0. The van der Waals surface area contributed by atoms with Crippen molar-refractivity contribution in [3.63, 3.8) is 0 Å². The highest BCUT2D eigenvalue weighted by atomic mass is 17.2. The van der Waals surface area contributed by atoms with Gasteiger partial charge in [0.2, 0.25) is 0 Å². The molecule has 5 rings (SSSR count). The predicted molar refractivity (Wildman–Crippen MR) is 120 cm³/mol. The molecule has 0 amide bonds. The summed E-state index contributed by atoms with van der Waals surface area (Å²) in [6, 6.07) is 20.4. The zero-order valence-electron chi connectivity index (χ0n) is 17.9. The van der Waals surface area contributed by atoms with E-state index in [0.717, 1.165) is 11.1 Å². The Kier molecular flexibility index (Phi) is 5.90. The fourth-order valence-corrected chi connectivity index (χ4v) is 3.04. The molecule has 11 heteroatoms. The Balaban J connectivity index is 1.29. The molecular formula is C24H18N2O9. The number of benzene rings is 4. The fraction of sp³-hybridized carbons (Fsp3) is 0. The Morgan fingerprint density at radius 3 is 1.34 bits per heavy atom. The van der Waals surface area contributed by atoms with E-state index < -0.39 is 0 Å². The minimum absolute atomic E-state index is 0.0961. The van der Waals surface area contributed by atoms with Crippen LogP contribution in [0.5, 0.6) is 51.7 Å². The molecule has 0 saturated carbocycles. The molecule has 0 aliphatic heterocycles. The Morgan fingerprint density at radius 2 is 0.857 bits per heavy atom. The van der Waals surface area contributed by atoms with E-state index in [-0.39, 0.29) is 23.0 Å². The smallest absolute Gasteiger partial charge is 0.187 e. The van der Waals surface area contributed by atoms with Gasteiger partial charge in [0.25, 0.3) is 0 Å².